The molecule has 1 heterocycles. The number of rotatable bonds is 4. The fraction of sp³-hybridized carbons (Fsp3) is 0.467. The number of carbonyl (C=O) groups is 2. The molecular formula is C15H19FN2O2S. The highest BCUT2D eigenvalue weighted by Crippen LogP contribution is 2.22. The molecule has 2 amide bonds. The molecule has 0 spiro atoms. The summed E-state index contributed by atoms with van der Waals surface area (Å²) in [4.78, 5) is 27.4. The molecule has 4 nitrogen and oxygen atoms in total. The number of halogens is 1. The smallest absolute Gasteiger partial charge is 0.223 e. The minimum Gasteiger partial charge on any atom is -0.339 e. The Kier molecular flexibility index (Phi) is 5.61. The summed E-state index contributed by atoms with van der Waals surface area (Å²) in [5.74, 6) is 0.441. The average molecular weight is 310 g/mol. The van der Waals surface area contributed by atoms with Crippen molar-refractivity contribution in [2.45, 2.75) is 18.2 Å². The van der Waals surface area contributed by atoms with Crippen LogP contribution in [0, 0.1) is 5.82 Å². The third-order valence-corrected chi connectivity index (χ3v) is 4.54. The highest BCUT2D eigenvalue weighted by Gasteiger charge is 2.21. The molecule has 1 fully saturated rings. The van der Waals surface area contributed by atoms with Crippen LogP contribution in [0.15, 0.2) is 29.2 Å². The van der Waals surface area contributed by atoms with E-state index in [2.05, 4.69) is 0 Å². The first-order valence-corrected chi connectivity index (χ1v) is 7.97. The van der Waals surface area contributed by atoms with Gasteiger partial charge in [0.05, 0.1) is 0 Å². The van der Waals surface area contributed by atoms with E-state index in [-0.39, 0.29) is 17.6 Å². The second kappa shape index (κ2) is 7.45. The van der Waals surface area contributed by atoms with Crippen LogP contribution < -0.4 is 0 Å². The van der Waals surface area contributed by atoms with Gasteiger partial charge in [0.15, 0.2) is 0 Å². The van der Waals surface area contributed by atoms with E-state index in [0.717, 1.165) is 0 Å². The van der Waals surface area contributed by atoms with Gasteiger partial charge in [-0.25, -0.2) is 4.39 Å². The zero-order valence-electron chi connectivity index (χ0n) is 12.0. The zero-order valence-corrected chi connectivity index (χ0v) is 12.9. The Labute approximate surface area is 128 Å². The van der Waals surface area contributed by atoms with Crippen molar-refractivity contribution in [3.63, 3.8) is 0 Å². The first-order valence-electron chi connectivity index (χ1n) is 6.98. The van der Waals surface area contributed by atoms with Crippen LogP contribution in [-0.2, 0) is 9.59 Å². The highest BCUT2D eigenvalue weighted by atomic mass is 32.2. The van der Waals surface area contributed by atoms with Crippen LogP contribution in [0.2, 0.25) is 0 Å². The van der Waals surface area contributed by atoms with Crippen LogP contribution in [0.5, 0.6) is 0 Å². The Morgan fingerprint density at radius 3 is 2.38 bits per heavy atom. The minimum absolute atomic E-state index is 0.0530. The van der Waals surface area contributed by atoms with Gasteiger partial charge < -0.3 is 9.80 Å². The molecule has 114 valence electrons. The van der Waals surface area contributed by atoms with E-state index in [9.17, 15) is 14.0 Å². The summed E-state index contributed by atoms with van der Waals surface area (Å²) in [7, 11) is 0. The molecular weight excluding hydrogens is 291 g/mol. The van der Waals surface area contributed by atoms with Crippen molar-refractivity contribution in [2.24, 2.45) is 0 Å². The number of thioether (sulfide) groups is 1. The van der Waals surface area contributed by atoms with Gasteiger partial charge in [-0.15, -0.1) is 11.8 Å². The van der Waals surface area contributed by atoms with Crippen molar-refractivity contribution >= 4 is 23.6 Å². The molecule has 1 aliphatic heterocycles. The maximum absolute atomic E-state index is 13.4. The summed E-state index contributed by atoms with van der Waals surface area (Å²) in [6, 6.07) is 6.58. The molecule has 2 rings (SSSR count). The third-order valence-electron chi connectivity index (χ3n) is 3.49. The number of amides is 2. The Morgan fingerprint density at radius 1 is 1.14 bits per heavy atom. The van der Waals surface area contributed by atoms with Crippen molar-refractivity contribution in [3.05, 3.63) is 30.1 Å². The normalized spacial score (nSPS) is 15.1. The van der Waals surface area contributed by atoms with E-state index in [4.69, 9.17) is 0 Å². The van der Waals surface area contributed by atoms with Crippen molar-refractivity contribution in [2.75, 3.05) is 31.9 Å². The first kappa shape index (κ1) is 15.8. The molecule has 1 aliphatic rings. The third kappa shape index (κ3) is 4.46. The van der Waals surface area contributed by atoms with E-state index in [1.54, 1.807) is 34.9 Å². The van der Waals surface area contributed by atoms with Crippen LogP contribution in [0.3, 0.4) is 0 Å². The van der Waals surface area contributed by atoms with E-state index in [1.807, 2.05) is 0 Å². The molecule has 1 aromatic rings. The van der Waals surface area contributed by atoms with Gasteiger partial charge in [0.25, 0.3) is 0 Å². The maximum Gasteiger partial charge on any atom is 0.223 e. The summed E-state index contributed by atoms with van der Waals surface area (Å²) in [5.41, 5.74) is 0. The van der Waals surface area contributed by atoms with Crippen LogP contribution in [-0.4, -0.2) is 53.5 Å². The Morgan fingerprint density at radius 2 is 1.76 bits per heavy atom. The summed E-state index contributed by atoms with van der Waals surface area (Å²) >= 11 is 1.36. The number of benzene rings is 1. The second-order valence-electron chi connectivity index (χ2n) is 4.92. The Balaban J connectivity index is 1.73. The van der Waals surface area contributed by atoms with Gasteiger partial charge in [-0.05, 0) is 12.1 Å². The van der Waals surface area contributed by atoms with Crippen LogP contribution in [0.1, 0.15) is 13.3 Å². The molecule has 1 aromatic carbocycles. The van der Waals surface area contributed by atoms with Crippen molar-refractivity contribution in [1.82, 2.24) is 9.80 Å². The number of piperazine rings is 1. The van der Waals surface area contributed by atoms with Crippen LogP contribution >= 0.6 is 11.8 Å². The van der Waals surface area contributed by atoms with Gasteiger partial charge in [-0.1, -0.05) is 12.1 Å². The lowest BCUT2D eigenvalue weighted by Gasteiger charge is -2.34. The van der Waals surface area contributed by atoms with Gasteiger partial charge in [0.1, 0.15) is 5.82 Å². The maximum atomic E-state index is 13.4. The van der Waals surface area contributed by atoms with Gasteiger partial charge in [-0.2, -0.15) is 0 Å². The molecule has 0 bridgehead atoms. The summed E-state index contributed by atoms with van der Waals surface area (Å²) in [5, 5.41) is 0. The summed E-state index contributed by atoms with van der Waals surface area (Å²) in [6.45, 7) is 3.91. The van der Waals surface area contributed by atoms with Gasteiger partial charge in [0.2, 0.25) is 11.8 Å². The lowest BCUT2D eigenvalue weighted by Crippen LogP contribution is -2.50. The lowest BCUT2D eigenvalue weighted by atomic mass is 10.3. The molecule has 0 aromatic heterocycles. The average Bonchev–Trinajstić information content (AvgIpc) is 2.49. The number of hydrogen-bond donors (Lipinski definition) is 0. The molecule has 6 heteroatoms. The minimum atomic E-state index is -0.245. The molecule has 0 aliphatic carbocycles. The van der Waals surface area contributed by atoms with Gasteiger partial charge >= 0.3 is 0 Å². The van der Waals surface area contributed by atoms with Gasteiger partial charge in [0, 0.05) is 50.2 Å². The predicted molar refractivity (Wildman–Crippen MR) is 80.6 cm³/mol. The lowest BCUT2D eigenvalue weighted by molar-refractivity contribution is -0.138. The molecule has 0 N–H and O–H groups in total. The molecule has 0 atom stereocenters. The molecule has 21 heavy (non-hydrogen) atoms. The van der Waals surface area contributed by atoms with E-state index >= 15 is 0 Å². The molecule has 0 radical (unpaired) electrons. The number of hydrogen-bond acceptors (Lipinski definition) is 3. The fourth-order valence-corrected chi connectivity index (χ4v) is 3.12. The van der Waals surface area contributed by atoms with Crippen LogP contribution in [0.25, 0.3) is 0 Å². The summed E-state index contributed by atoms with van der Waals surface area (Å²) < 4.78 is 13.4. The Bertz CT molecular complexity index is 516. The zero-order chi connectivity index (χ0) is 15.2. The standard InChI is InChI=1S/C15H19FN2O2S/c1-12(19)17-7-9-18(10-8-17)15(20)6-11-21-14-5-3-2-4-13(14)16/h2-5H,6-11H2,1H3. The highest BCUT2D eigenvalue weighted by molar-refractivity contribution is 7.99. The van der Waals surface area contributed by atoms with E-state index < -0.39 is 0 Å². The monoisotopic (exact) mass is 310 g/mol. The van der Waals surface area contributed by atoms with Crippen molar-refractivity contribution in [3.8, 4) is 0 Å². The quantitative estimate of drug-likeness (QED) is 0.799. The molecule has 0 unspecified atom stereocenters. The van der Waals surface area contributed by atoms with Crippen molar-refractivity contribution < 1.29 is 14.0 Å². The molecule has 0 saturated carbocycles. The molecule has 1 saturated heterocycles. The SMILES string of the molecule is CC(=O)N1CCN(C(=O)CCSc2ccccc2F)CC1. The van der Waals surface area contributed by atoms with Gasteiger partial charge in [-0.3, -0.25) is 9.59 Å². The largest absolute Gasteiger partial charge is 0.339 e. The summed E-state index contributed by atoms with van der Waals surface area (Å²) in [6.07, 6.45) is 0.388. The second-order valence-corrected chi connectivity index (χ2v) is 6.05. The first-order chi connectivity index (χ1) is 10.1. The Hall–Kier alpha value is -1.56. The van der Waals surface area contributed by atoms with E-state index in [1.165, 1.54) is 17.8 Å². The number of nitrogens with zero attached hydrogens (tertiary/aromatic N) is 2. The number of carbonyl (C=O) groups excluding carboxylic acids is 2. The van der Waals surface area contributed by atoms with E-state index in [0.29, 0.717) is 43.2 Å². The fourth-order valence-electron chi connectivity index (χ4n) is 2.24. The topological polar surface area (TPSA) is 40.6 Å². The van der Waals surface area contributed by atoms with Crippen LogP contribution in [0.4, 0.5) is 4.39 Å². The van der Waals surface area contributed by atoms with Crippen molar-refractivity contribution in [1.29, 1.82) is 0 Å². The predicted octanol–water partition coefficient (Wildman–Crippen LogP) is 2.00.